The second-order valence-corrected chi connectivity index (χ2v) is 5.84. The molecule has 0 amide bonds. The maximum Gasteiger partial charge on any atom is 0.227 e. The molecule has 0 radical (unpaired) electrons. The van der Waals surface area contributed by atoms with E-state index in [4.69, 9.17) is 14.5 Å². The molecule has 0 saturated carbocycles. The van der Waals surface area contributed by atoms with Gasteiger partial charge in [0.2, 0.25) is 11.7 Å². The van der Waals surface area contributed by atoms with Crippen LogP contribution in [0.25, 0.3) is 0 Å². The molecule has 0 aromatic carbocycles. The first-order valence-electron chi connectivity index (χ1n) is 7.26. The summed E-state index contributed by atoms with van der Waals surface area (Å²) in [5, 5.41) is 13.0. The normalized spacial score (nSPS) is 15.8. The highest BCUT2D eigenvalue weighted by molar-refractivity contribution is 4.97. The Kier molecular flexibility index (Phi) is 6.15. The molecule has 0 fully saturated rings. The number of ether oxygens (including phenoxy) is 1. The Morgan fingerprint density at radius 3 is 2.60 bits per heavy atom. The first kappa shape index (κ1) is 16.6. The summed E-state index contributed by atoms with van der Waals surface area (Å²) in [5.41, 5.74) is -0.114. The van der Waals surface area contributed by atoms with Gasteiger partial charge in [-0.3, -0.25) is 0 Å². The van der Waals surface area contributed by atoms with E-state index in [2.05, 4.69) is 43.9 Å². The minimum absolute atomic E-state index is 0.114. The fraction of sp³-hybridized carbons (Fsp3) is 0.800. The maximum absolute atomic E-state index is 8.91. The standard InChI is InChI=1S/C15H25N3O2/c1-6-15(5,8-9-16)10-12-17-14(18-20-12)13(11(3)4)19-7-2/h11,13H,6-8,10H2,1-5H3. The fourth-order valence-corrected chi connectivity index (χ4v) is 2.07. The number of hydrogen-bond acceptors (Lipinski definition) is 5. The summed E-state index contributed by atoms with van der Waals surface area (Å²) in [4.78, 5) is 4.45. The van der Waals surface area contributed by atoms with Crippen molar-refractivity contribution in [1.82, 2.24) is 10.1 Å². The molecule has 1 heterocycles. The van der Waals surface area contributed by atoms with Gasteiger partial charge in [0.25, 0.3) is 0 Å². The van der Waals surface area contributed by atoms with Crippen LogP contribution in [0.1, 0.15) is 65.3 Å². The summed E-state index contributed by atoms with van der Waals surface area (Å²) in [6.07, 6.45) is 1.87. The van der Waals surface area contributed by atoms with Gasteiger partial charge in [-0.1, -0.05) is 32.9 Å². The number of rotatable bonds is 8. The molecule has 112 valence electrons. The third kappa shape index (κ3) is 4.31. The molecule has 5 nitrogen and oxygen atoms in total. The van der Waals surface area contributed by atoms with Crippen LogP contribution in [0, 0.1) is 22.7 Å². The van der Waals surface area contributed by atoms with E-state index in [1.165, 1.54) is 0 Å². The number of nitrogens with zero attached hydrogens (tertiary/aromatic N) is 3. The van der Waals surface area contributed by atoms with Crippen molar-refractivity contribution in [3.05, 3.63) is 11.7 Å². The van der Waals surface area contributed by atoms with Crippen LogP contribution in [-0.2, 0) is 11.2 Å². The fourth-order valence-electron chi connectivity index (χ4n) is 2.07. The second-order valence-electron chi connectivity index (χ2n) is 5.84. The zero-order chi connectivity index (χ0) is 15.2. The number of nitriles is 1. The van der Waals surface area contributed by atoms with Crippen molar-refractivity contribution in [2.24, 2.45) is 11.3 Å². The number of hydrogen-bond donors (Lipinski definition) is 0. The van der Waals surface area contributed by atoms with E-state index in [9.17, 15) is 0 Å². The third-order valence-corrected chi connectivity index (χ3v) is 3.63. The van der Waals surface area contributed by atoms with Gasteiger partial charge in [-0.05, 0) is 24.7 Å². The van der Waals surface area contributed by atoms with Gasteiger partial charge < -0.3 is 9.26 Å². The molecule has 20 heavy (non-hydrogen) atoms. The zero-order valence-electron chi connectivity index (χ0n) is 13.1. The van der Waals surface area contributed by atoms with Gasteiger partial charge in [0.1, 0.15) is 6.10 Å². The minimum atomic E-state index is -0.138. The van der Waals surface area contributed by atoms with Crippen LogP contribution in [0.3, 0.4) is 0 Å². The van der Waals surface area contributed by atoms with E-state index in [0.717, 1.165) is 6.42 Å². The summed E-state index contributed by atoms with van der Waals surface area (Å²) < 4.78 is 11.0. The lowest BCUT2D eigenvalue weighted by Gasteiger charge is -2.22. The van der Waals surface area contributed by atoms with E-state index >= 15 is 0 Å². The molecule has 0 aliphatic rings. The van der Waals surface area contributed by atoms with Crippen molar-refractivity contribution in [1.29, 1.82) is 5.26 Å². The van der Waals surface area contributed by atoms with Crippen LogP contribution < -0.4 is 0 Å². The second kappa shape index (κ2) is 7.39. The van der Waals surface area contributed by atoms with Crippen LogP contribution in [0.15, 0.2) is 4.52 Å². The molecule has 0 spiro atoms. The van der Waals surface area contributed by atoms with Crippen LogP contribution >= 0.6 is 0 Å². The van der Waals surface area contributed by atoms with Gasteiger partial charge in [-0.2, -0.15) is 10.2 Å². The van der Waals surface area contributed by atoms with E-state index in [1.807, 2.05) is 6.92 Å². The van der Waals surface area contributed by atoms with Gasteiger partial charge in [-0.15, -0.1) is 0 Å². The monoisotopic (exact) mass is 279 g/mol. The van der Waals surface area contributed by atoms with Crippen molar-refractivity contribution >= 4 is 0 Å². The summed E-state index contributed by atoms with van der Waals surface area (Å²) in [6, 6.07) is 2.23. The van der Waals surface area contributed by atoms with Crippen molar-refractivity contribution < 1.29 is 9.26 Å². The Morgan fingerprint density at radius 2 is 2.10 bits per heavy atom. The Bertz CT molecular complexity index is 450. The molecular weight excluding hydrogens is 254 g/mol. The average Bonchev–Trinajstić information content (AvgIpc) is 2.83. The third-order valence-electron chi connectivity index (χ3n) is 3.63. The van der Waals surface area contributed by atoms with Gasteiger partial charge in [0.05, 0.1) is 6.07 Å². The first-order chi connectivity index (χ1) is 9.45. The zero-order valence-corrected chi connectivity index (χ0v) is 13.1. The molecule has 0 aliphatic carbocycles. The van der Waals surface area contributed by atoms with Crippen molar-refractivity contribution in [3.8, 4) is 6.07 Å². The topological polar surface area (TPSA) is 71.9 Å². The molecule has 2 unspecified atom stereocenters. The highest BCUT2D eigenvalue weighted by Gasteiger charge is 2.27. The quantitative estimate of drug-likeness (QED) is 0.726. The van der Waals surface area contributed by atoms with Crippen molar-refractivity contribution in [3.63, 3.8) is 0 Å². The summed E-state index contributed by atoms with van der Waals surface area (Å²) in [6.45, 7) is 10.9. The Labute approximate surface area is 121 Å². The molecule has 2 atom stereocenters. The minimum Gasteiger partial charge on any atom is -0.370 e. The molecule has 5 heteroatoms. The van der Waals surface area contributed by atoms with E-state index in [0.29, 0.717) is 31.2 Å². The Hall–Kier alpha value is -1.41. The molecule has 0 N–H and O–H groups in total. The van der Waals surface area contributed by atoms with Gasteiger partial charge in [-0.25, -0.2) is 0 Å². The van der Waals surface area contributed by atoms with Crippen molar-refractivity contribution in [2.75, 3.05) is 6.61 Å². The Morgan fingerprint density at radius 1 is 1.40 bits per heavy atom. The summed E-state index contributed by atoms with van der Waals surface area (Å²) in [5.74, 6) is 1.48. The molecular formula is C15H25N3O2. The van der Waals surface area contributed by atoms with Gasteiger partial charge >= 0.3 is 0 Å². The maximum atomic E-state index is 8.91. The molecule has 1 aromatic heterocycles. The summed E-state index contributed by atoms with van der Waals surface area (Å²) >= 11 is 0. The van der Waals surface area contributed by atoms with Crippen molar-refractivity contribution in [2.45, 2.75) is 60.0 Å². The van der Waals surface area contributed by atoms with Crippen LogP contribution in [0.5, 0.6) is 0 Å². The lowest BCUT2D eigenvalue weighted by molar-refractivity contribution is 0.0217. The van der Waals surface area contributed by atoms with Gasteiger partial charge in [0, 0.05) is 19.4 Å². The highest BCUT2D eigenvalue weighted by atomic mass is 16.5. The predicted octanol–water partition coefficient (Wildman–Crippen LogP) is 3.68. The molecule has 0 aliphatic heterocycles. The van der Waals surface area contributed by atoms with Crippen LogP contribution in [0.4, 0.5) is 0 Å². The van der Waals surface area contributed by atoms with Crippen LogP contribution in [0.2, 0.25) is 0 Å². The largest absolute Gasteiger partial charge is 0.370 e. The molecule has 1 aromatic rings. The highest BCUT2D eigenvalue weighted by Crippen LogP contribution is 2.30. The number of aromatic nitrogens is 2. The van der Waals surface area contributed by atoms with E-state index in [1.54, 1.807) is 0 Å². The average molecular weight is 279 g/mol. The van der Waals surface area contributed by atoms with Gasteiger partial charge in [0.15, 0.2) is 0 Å². The first-order valence-corrected chi connectivity index (χ1v) is 7.26. The van der Waals surface area contributed by atoms with E-state index in [-0.39, 0.29) is 17.4 Å². The SMILES string of the molecule is CCOC(c1noc(CC(C)(CC)CC#N)n1)C(C)C. The molecule has 0 saturated heterocycles. The molecule has 1 rings (SSSR count). The smallest absolute Gasteiger partial charge is 0.227 e. The lowest BCUT2D eigenvalue weighted by atomic mass is 9.81. The lowest BCUT2D eigenvalue weighted by Crippen LogP contribution is -2.18. The summed E-state index contributed by atoms with van der Waals surface area (Å²) in [7, 11) is 0. The van der Waals surface area contributed by atoms with E-state index < -0.39 is 0 Å². The predicted molar refractivity (Wildman–Crippen MR) is 75.8 cm³/mol. The Balaban J connectivity index is 2.83. The van der Waals surface area contributed by atoms with Crippen LogP contribution in [-0.4, -0.2) is 16.7 Å². The molecule has 0 bridgehead atoms.